The summed E-state index contributed by atoms with van der Waals surface area (Å²) in [5.41, 5.74) is 6.68. The molecule has 0 unspecified atom stereocenters. The molecular formula is C12H18N4S2. The Kier molecular flexibility index (Phi) is 4.38. The highest BCUT2D eigenvalue weighted by Gasteiger charge is 2.21. The van der Waals surface area contributed by atoms with E-state index in [1.54, 1.807) is 11.8 Å². The van der Waals surface area contributed by atoms with Crippen LogP contribution in [0, 0.1) is 11.3 Å². The first kappa shape index (κ1) is 13.5. The fourth-order valence-corrected chi connectivity index (χ4v) is 4.19. The summed E-state index contributed by atoms with van der Waals surface area (Å²) in [6.45, 7) is 4.25. The van der Waals surface area contributed by atoms with Crippen molar-refractivity contribution in [2.24, 2.45) is 0 Å². The van der Waals surface area contributed by atoms with Gasteiger partial charge in [-0.1, -0.05) is 0 Å². The van der Waals surface area contributed by atoms with Crippen LogP contribution in [0.15, 0.2) is 4.90 Å². The third-order valence-corrected chi connectivity index (χ3v) is 5.32. The Balaban J connectivity index is 2.29. The van der Waals surface area contributed by atoms with Crippen LogP contribution in [0.5, 0.6) is 0 Å². The summed E-state index contributed by atoms with van der Waals surface area (Å²) >= 11 is 3.17. The van der Waals surface area contributed by atoms with Crippen LogP contribution in [-0.2, 0) is 0 Å². The van der Waals surface area contributed by atoms with E-state index < -0.39 is 0 Å². The second-order valence-electron chi connectivity index (χ2n) is 4.44. The van der Waals surface area contributed by atoms with Crippen molar-refractivity contribution < 1.29 is 0 Å². The molecule has 1 aromatic heterocycles. The van der Waals surface area contributed by atoms with Gasteiger partial charge in [-0.15, -0.1) is 23.1 Å². The van der Waals surface area contributed by atoms with Gasteiger partial charge in [0.1, 0.15) is 15.9 Å². The monoisotopic (exact) mass is 282 g/mol. The largest absolute Gasteiger partial charge is 0.396 e. The standard InChI is InChI=1S/C12H18N4S2/c1-15-4-3-5-16(7-6-15)12-11(17-2)10(14)9(8-13)18-12/h3-7,14H2,1-2H3. The fourth-order valence-electron chi connectivity index (χ4n) is 2.15. The third-order valence-electron chi connectivity index (χ3n) is 3.19. The average Bonchev–Trinajstić information content (AvgIpc) is 2.54. The van der Waals surface area contributed by atoms with Gasteiger partial charge in [-0.25, -0.2) is 0 Å². The van der Waals surface area contributed by atoms with Crippen molar-refractivity contribution in [1.82, 2.24) is 4.90 Å². The molecule has 0 aliphatic carbocycles. The van der Waals surface area contributed by atoms with Gasteiger partial charge in [-0.2, -0.15) is 5.26 Å². The van der Waals surface area contributed by atoms with Gasteiger partial charge in [-0.05, 0) is 26.3 Å². The van der Waals surface area contributed by atoms with Crippen LogP contribution < -0.4 is 10.6 Å². The molecule has 2 rings (SSSR count). The van der Waals surface area contributed by atoms with E-state index in [9.17, 15) is 0 Å². The Labute approximate surface area is 116 Å². The van der Waals surface area contributed by atoms with Gasteiger partial charge in [0, 0.05) is 19.6 Å². The van der Waals surface area contributed by atoms with Crippen molar-refractivity contribution in [1.29, 1.82) is 5.26 Å². The highest BCUT2D eigenvalue weighted by Crippen LogP contribution is 2.43. The molecule has 1 aliphatic rings. The molecule has 1 aromatic rings. The molecule has 0 atom stereocenters. The average molecular weight is 282 g/mol. The second-order valence-corrected chi connectivity index (χ2v) is 6.25. The molecule has 0 amide bonds. The number of thiophene rings is 1. The number of likely N-dealkylation sites (N-methyl/N-ethyl adjacent to an activating group) is 1. The Hall–Kier alpha value is -0.900. The first-order chi connectivity index (χ1) is 8.67. The maximum absolute atomic E-state index is 9.09. The van der Waals surface area contributed by atoms with Gasteiger partial charge in [0.15, 0.2) is 0 Å². The minimum absolute atomic E-state index is 0.645. The summed E-state index contributed by atoms with van der Waals surface area (Å²) < 4.78 is 0. The van der Waals surface area contributed by atoms with E-state index in [-0.39, 0.29) is 0 Å². The predicted molar refractivity (Wildman–Crippen MR) is 79.6 cm³/mol. The van der Waals surface area contributed by atoms with Crippen molar-refractivity contribution in [3.63, 3.8) is 0 Å². The van der Waals surface area contributed by atoms with Crippen LogP contribution in [-0.4, -0.2) is 44.4 Å². The number of hydrogen-bond donors (Lipinski definition) is 1. The van der Waals surface area contributed by atoms with Gasteiger partial charge < -0.3 is 15.5 Å². The maximum Gasteiger partial charge on any atom is 0.131 e. The van der Waals surface area contributed by atoms with Crippen LogP contribution in [0.4, 0.5) is 10.7 Å². The lowest BCUT2D eigenvalue weighted by Gasteiger charge is -2.22. The molecule has 18 heavy (non-hydrogen) atoms. The number of anilines is 2. The number of nitrogens with two attached hydrogens (primary N) is 1. The van der Waals surface area contributed by atoms with Gasteiger partial charge in [0.05, 0.1) is 10.6 Å². The SMILES string of the molecule is CSc1c(N2CCCN(C)CC2)sc(C#N)c1N. The summed E-state index contributed by atoms with van der Waals surface area (Å²) in [5, 5.41) is 10.3. The van der Waals surface area contributed by atoms with E-state index in [2.05, 4.69) is 22.9 Å². The molecule has 2 N–H and O–H groups in total. The highest BCUT2D eigenvalue weighted by molar-refractivity contribution is 7.99. The lowest BCUT2D eigenvalue weighted by molar-refractivity contribution is 0.360. The summed E-state index contributed by atoms with van der Waals surface area (Å²) in [6, 6.07) is 2.20. The molecule has 1 fully saturated rings. The molecule has 0 spiro atoms. The normalized spacial score (nSPS) is 17.5. The molecule has 2 heterocycles. The topological polar surface area (TPSA) is 56.3 Å². The van der Waals surface area contributed by atoms with Gasteiger partial charge in [0.2, 0.25) is 0 Å². The van der Waals surface area contributed by atoms with Crippen LogP contribution >= 0.6 is 23.1 Å². The number of rotatable bonds is 2. The molecule has 0 saturated carbocycles. The van der Waals surface area contributed by atoms with Crippen molar-refractivity contribution >= 4 is 33.8 Å². The van der Waals surface area contributed by atoms with E-state index in [1.165, 1.54) is 16.3 Å². The van der Waals surface area contributed by atoms with E-state index in [4.69, 9.17) is 11.0 Å². The van der Waals surface area contributed by atoms with E-state index in [0.717, 1.165) is 37.5 Å². The smallest absolute Gasteiger partial charge is 0.131 e. The van der Waals surface area contributed by atoms with Crippen LogP contribution in [0.1, 0.15) is 11.3 Å². The Bertz CT molecular complexity index is 463. The number of thioether (sulfide) groups is 1. The van der Waals surface area contributed by atoms with E-state index in [0.29, 0.717) is 10.6 Å². The lowest BCUT2D eigenvalue weighted by Crippen LogP contribution is -2.28. The molecule has 1 aliphatic heterocycles. The summed E-state index contributed by atoms with van der Waals surface area (Å²) in [5.74, 6) is 0. The number of nitriles is 1. The molecule has 4 nitrogen and oxygen atoms in total. The molecule has 6 heteroatoms. The summed E-state index contributed by atoms with van der Waals surface area (Å²) in [4.78, 5) is 6.44. The van der Waals surface area contributed by atoms with Crippen molar-refractivity contribution in [3.05, 3.63) is 4.88 Å². The van der Waals surface area contributed by atoms with Gasteiger partial charge >= 0.3 is 0 Å². The van der Waals surface area contributed by atoms with E-state index >= 15 is 0 Å². The quantitative estimate of drug-likeness (QED) is 0.842. The van der Waals surface area contributed by atoms with Crippen LogP contribution in [0.25, 0.3) is 0 Å². The third kappa shape index (κ3) is 2.58. The zero-order chi connectivity index (χ0) is 13.1. The number of hydrogen-bond acceptors (Lipinski definition) is 6. The molecule has 0 radical (unpaired) electrons. The van der Waals surface area contributed by atoms with E-state index in [1.807, 2.05) is 6.26 Å². The first-order valence-electron chi connectivity index (χ1n) is 5.97. The zero-order valence-electron chi connectivity index (χ0n) is 10.8. The summed E-state index contributed by atoms with van der Waals surface area (Å²) in [7, 11) is 2.16. The maximum atomic E-state index is 9.09. The van der Waals surface area contributed by atoms with Crippen LogP contribution in [0.3, 0.4) is 0 Å². The molecule has 1 saturated heterocycles. The zero-order valence-corrected chi connectivity index (χ0v) is 12.4. The first-order valence-corrected chi connectivity index (χ1v) is 8.01. The molecule has 0 bridgehead atoms. The Morgan fingerprint density at radius 1 is 1.33 bits per heavy atom. The molecule has 0 aromatic carbocycles. The minimum Gasteiger partial charge on any atom is -0.396 e. The second kappa shape index (κ2) is 5.83. The molecule has 98 valence electrons. The highest BCUT2D eigenvalue weighted by atomic mass is 32.2. The number of nitrogens with zero attached hydrogens (tertiary/aromatic N) is 3. The lowest BCUT2D eigenvalue weighted by atomic mass is 10.3. The molecular weight excluding hydrogens is 264 g/mol. The van der Waals surface area contributed by atoms with Gasteiger partial charge in [-0.3, -0.25) is 0 Å². The fraction of sp³-hybridized carbons (Fsp3) is 0.583. The van der Waals surface area contributed by atoms with Gasteiger partial charge in [0.25, 0.3) is 0 Å². The van der Waals surface area contributed by atoms with Crippen molar-refractivity contribution in [3.8, 4) is 6.07 Å². The predicted octanol–water partition coefficient (Wildman–Crippen LogP) is 2.07. The number of nitrogen functional groups attached to an aromatic ring is 1. The Morgan fingerprint density at radius 3 is 2.78 bits per heavy atom. The van der Waals surface area contributed by atoms with Crippen molar-refractivity contribution in [2.45, 2.75) is 11.3 Å². The minimum atomic E-state index is 0.645. The van der Waals surface area contributed by atoms with Crippen molar-refractivity contribution in [2.75, 3.05) is 50.1 Å². The summed E-state index contributed by atoms with van der Waals surface area (Å²) in [6.07, 6.45) is 3.18. The van der Waals surface area contributed by atoms with Crippen LogP contribution in [0.2, 0.25) is 0 Å². The Morgan fingerprint density at radius 2 is 2.11 bits per heavy atom.